The van der Waals surface area contributed by atoms with Crippen LogP contribution in [0.3, 0.4) is 0 Å². The summed E-state index contributed by atoms with van der Waals surface area (Å²) in [4.78, 5) is 13.7. The summed E-state index contributed by atoms with van der Waals surface area (Å²) in [5.41, 5.74) is 2.57. The zero-order chi connectivity index (χ0) is 23.6. The molecule has 5 heteroatoms. The van der Waals surface area contributed by atoms with E-state index in [1.165, 1.54) is 62.6 Å². The fraction of sp³-hybridized carbons (Fsp3) is 0.581. The van der Waals surface area contributed by atoms with Gasteiger partial charge in [-0.25, -0.2) is 0 Å². The summed E-state index contributed by atoms with van der Waals surface area (Å²) >= 11 is 0. The maximum absolute atomic E-state index is 13.7. The lowest BCUT2D eigenvalue weighted by Gasteiger charge is -2.59. The molecule has 2 aromatic rings. The highest BCUT2D eigenvalue weighted by Gasteiger charge is 2.54. The standard InChI is InChI=1S/C31H38N2O2.HI/c1-33(20-31-17-21-14-22(18-31)16-23(15-21)19-31)12-10-24(11-13-33)32-30(34)29-25-6-2-4-8-27(25)35-28-9-5-3-7-26(28)29;/h2-9,21-24,29H,10-20H2,1H3;1H. The monoisotopic (exact) mass is 598 g/mol. The summed E-state index contributed by atoms with van der Waals surface area (Å²) in [6.07, 6.45) is 11.2. The number of nitrogens with zero attached hydrogens (tertiary/aromatic N) is 1. The van der Waals surface area contributed by atoms with E-state index < -0.39 is 0 Å². The van der Waals surface area contributed by atoms with E-state index in [0.717, 1.165) is 53.2 Å². The summed E-state index contributed by atoms with van der Waals surface area (Å²) in [5.74, 6) is 4.49. The van der Waals surface area contributed by atoms with E-state index in [4.69, 9.17) is 4.74 Å². The maximum atomic E-state index is 13.7. The number of rotatable bonds is 4. The Labute approximate surface area is 232 Å². The Morgan fingerprint density at radius 2 is 1.39 bits per heavy atom. The lowest BCUT2D eigenvalue weighted by Crippen LogP contribution is -3.00. The van der Waals surface area contributed by atoms with Crippen molar-refractivity contribution < 1.29 is 38.0 Å². The van der Waals surface area contributed by atoms with Crippen LogP contribution in [0.4, 0.5) is 0 Å². The fourth-order valence-electron chi connectivity index (χ4n) is 9.26. The second-order valence-corrected chi connectivity index (χ2v) is 13.0. The number of quaternary nitrogens is 1. The van der Waals surface area contributed by atoms with E-state index in [9.17, 15) is 4.79 Å². The number of carbonyl (C=O) groups is 1. The predicted molar refractivity (Wildman–Crippen MR) is 137 cm³/mol. The average molecular weight is 599 g/mol. The Morgan fingerprint density at radius 1 is 0.889 bits per heavy atom. The van der Waals surface area contributed by atoms with Crippen LogP contribution >= 0.6 is 0 Å². The van der Waals surface area contributed by atoms with Crippen molar-refractivity contribution in [3.8, 4) is 11.5 Å². The van der Waals surface area contributed by atoms with Gasteiger partial charge < -0.3 is 38.5 Å². The van der Waals surface area contributed by atoms with Crippen molar-refractivity contribution in [1.29, 1.82) is 0 Å². The van der Waals surface area contributed by atoms with Crippen LogP contribution in [0, 0.1) is 23.2 Å². The minimum absolute atomic E-state index is 0. The molecule has 1 amide bonds. The van der Waals surface area contributed by atoms with E-state index in [2.05, 4.69) is 12.4 Å². The number of fused-ring (bicyclic) bond motifs is 2. The van der Waals surface area contributed by atoms with Gasteiger partial charge in [-0.05, 0) is 68.4 Å². The predicted octanol–water partition coefficient (Wildman–Crippen LogP) is 2.87. The van der Waals surface area contributed by atoms with Crippen LogP contribution in [0.25, 0.3) is 0 Å². The molecule has 1 saturated heterocycles. The largest absolute Gasteiger partial charge is 1.00 e. The highest BCUT2D eigenvalue weighted by molar-refractivity contribution is 5.89. The Morgan fingerprint density at radius 3 is 1.92 bits per heavy atom. The molecule has 0 radical (unpaired) electrons. The molecule has 2 heterocycles. The fourth-order valence-corrected chi connectivity index (χ4v) is 9.26. The second-order valence-electron chi connectivity index (χ2n) is 13.0. The number of ether oxygens (including phenoxy) is 1. The second kappa shape index (κ2) is 9.30. The number of carbonyl (C=O) groups excluding carboxylic acids is 1. The zero-order valence-electron chi connectivity index (χ0n) is 21.4. The molecule has 36 heavy (non-hydrogen) atoms. The summed E-state index contributed by atoms with van der Waals surface area (Å²) in [7, 11) is 2.50. The van der Waals surface area contributed by atoms with Gasteiger partial charge in [-0.2, -0.15) is 0 Å². The number of para-hydroxylation sites is 2. The Kier molecular flexibility index (Phi) is 6.39. The van der Waals surface area contributed by atoms with Gasteiger partial charge in [-0.3, -0.25) is 4.79 Å². The van der Waals surface area contributed by atoms with E-state index in [1.807, 2.05) is 48.5 Å². The van der Waals surface area contributed by atoms with Crippen LogP contribution in [0.1, 0.15) is 68.4 Å². The van der Waals surface area contributed by atoms with Gasteiger partial charge in [0.2, 0.25) is 5.91 Å². The van der Waals surface area contributed by atoms with Gasteiger partial charge >= 0.3 is 0 Å². The number of benzene rings is 2. The summed E-state index contributed by atoms with van der Waals surface area (Å²) < 4.78 is 7.32. The van der Waals surface area contributed by atoms with E-state index >= 15 is 0 Å². The summed E-state index contributed by atoms with van der Waals surface area (Å²) in [5, 5.41) is 3.46. The number of amides is 1. The third-order valence-corrected chi connectivity index (χ3v) is 10.2. The topological polar surface area (TPSA) is 38.3 Å². The molecule has 2 aromatic carbocycles. The number of nitrogens with one attached hydrogen (secondary N) is 1. The van der Waals surface area contributed by atoms with Gasteiger partial charge in [0.1, 0.15) is 11.5 Å². The quantitative estimate of drug-likeness (QED) is 0.435. The van der Waals surface area contributed by atoms with Crippen molar-refractivity contribution >= 4 is 5.91 Å². The molecule has 8 rings (SSSR count). The highest BCUT2D eigenvalue weighted by Crippen LogP contribution is 2.60. The van der Waals surface area contributed by atoms with Gasteiger partial charge in [-0.15, -0.1) is 0 Å². The normalized spacial score (nSPS) is 36.2. The molecule has 6 aliphatic rings. The molecular formula is C31H39IN2O2. The number of hydrogen-bond acceptors (Lipinski definition) is 2. The van der Waals surface area contributed by atoms with Crippen molar-refractivity contribution in [2.45, 2.75) is 63.3 Å². The van der Waals surface area contributed by atoms with Crippen LogP contribution in [0.2, 0.25) is 0 Å². The SMILES string of the molecule is C[N+]1(CC23CC4CC(CC(C4)C2)C3)CCC(NC(=O)C2c3ccccc3Oc3ccccc32)CC1.[I-]. The average Bonchev–Trinajstić information content (AvgIpc) is 2.82. The number of hydrogen-bond donors (Lipinski definition) is 1. The zero-order valence-corrected chi connectivity index (χ0v) is 23.6. The van der Waals surface area contributed by atoms with Crippen LogP contribution in [-0.2, 0) is 4.79 Å². The Hall–Kier alpha value is -1.60. The molecule has 0 unspecified atom stereocenters. The van der Waals surface area contributed by atoms with Crippen molar-refractivity contribution in [3.05, 3.63) is 59.7 Å². The molecule has 4 bridgehead atoms. The molecule has 4 saturated carbocycles. The Bertz CT molecular complexity index is 1060. The van der Waals surface area contributed by atoms with Gasteiger partial charge in [-0.1, -0.05) is 36.4 Å². The van der Waals surface area contributed by atoms with Crippen molar-refractivity contribution in [2.24, 2.45) is 23.2 Å². The van der Waals surface area contributed by atoms with Crippen LogP contribution < -0.4 is 34.0 Å². The first-order chi connectivity index (χ1) is 17.0. The van der Waals surface area contributed by atoms with Crippen molar-refractivity contribution in [2.75, 3.05) is 26.7 Å². The molecule has 0 aromatic heterocycles. The number of halogens is 1. The molecule has 0 spiro atoms. The third-order valence-electron chi connectivity index (χ3n) is 10.2. The van der Waals surface area contributed by atoms with Gasteiger partial charge in [0.05, 0.1) is 32.6 Å². The van der Waals surface area contributed by atoms with Gasteiger partial charge in [0, 0.05) is 35.4 Å². The van der Waals surface area contributed by atoms with Gasteiger partial charge in [0.25, 0.3) is 0 Å². The van der Waals surface area contributed by atoms with Crippen LogP contribution in [-0.4, -0.2) is 43.1 Å². The molecule has 4 aliphatic carbocycles. The smallest absolute Gasteiger partial charge is 0.232 e. The molecular weight excluding hydrogens is 559 g/mol. The maximum Gasteiger partial charge on any atom is 0.232 e. The van der Waals surface area contributed by atoms with Crippen LogP contribution in [0.5, 0.6) is 11.5 Å². The van der Waals surface area contributed by atoms with Crippen molar-refractivity contribution in [3.63, 3.8) is 0 Å². The minimum atomic E-state index is -0.300. The molecule has 5 fully saturated rings. The number of piperidine rings is 1. The summed E-state index contributed by atoms with van der Waals surface area (Å²) in [6.45, 7) is 3.75. The van der Waals surface area contributed by atoms with Gasteiger partial charge in [0.15, 0.2) is 0 Å². The third kappa shape index (κ3) is 4.38. The van der Waals surface area contributed by atoms with E-state index in [0.29, 0.717) is 5.41 Å². The lowest BCUT2D eigenvalue weighted by molar-refractivity contribution is -0.921. The molecule has 1 N–H and O–H groups in total. The minimum Gasteiger partial charge on any atom is -1.00 e. The Balaban J connectivity index is 0.00000240. The highest BCUT2D eigenvalue weighted by atomic mass is 127. The molecule has 2 aliphatic heterocycles. The lowest BCUT2D eigenvalue weighted by atomic mass is 9.49. The summed E-state index contributed by atoms with van der Waals surface area (Å²) in [6, 6.07) is 16.3. The molecule has 4 nitrogen and oxygen atoms in total. The number of likely N-dealkylation sites (tertiary alicyclic amines) is 1. The first-order valence-electron chi connectivity index (χ1n) is 14.0. The van der Waals surface area contributed by atoms with E-state index in [1.54, 1.807) is 0 Å². The van der Waals surface area contributed by atoms with Crippen LogP contribution in [0.15, 0.2) is 48.5 Å². The first kappa shape index (κ1) is 24.7. The van der Waals surface area contributed by atoms with E-state index in [-0.39, 0.29) is 41.8 Å². The molecule has 192 valence electrons. The molecule has 0 atom stereocenters. The van der Waals surface area contributed by atoms with Crippen molar-refractivity contribution in [1.82, 2.24) is 5.32 Å². The first-order valence-corrected chi connectivity index (χ1v) is 14.0.